The molecule has 2 aromatic rings. The van der Waals surface area contributed by atoms with E-state index in [1.54, 1.807) is 4.68 Å². The fraction of sp³-hybridized carbons (Fsp3) is 0.421. The van der Waals surface area contributed by atoms with E-state index in [4.69, 9.17) is 0 Å². The van der Waals surface area contributed by atoms with Gasteiger partial charge in [-0.05, 0) is 38.3 Å². The lowest BCUT2D eigenvalue weighted by Gasteiger charge is -2.16. The first-order valence-corrected chi connectivity index (χ1v) is 8.42. The molecule has 0 radical (unpaired) electrons. The number of aromatic nitrogens is 2. The van der Waals surface area contributed by atoms with Crippen LogP contribution in [0.4, 0.5) is 0 Å². The van der Waals surface area contributed by atoms with E-state index in [1.807, 2.05) is 58.0 Å². The van der Waals surface area contributed by atoms with Gasteiger partial charge in [-0.2, -0.15) is 5.10 Å². The molecule has 1 heterocycles. The third-order valence-corrected chi connectivity index (χ3v) is 4.12. The molecular formula is C19H25N3O3. The number of hydrogen-bond donors (Lipinski definition) is 2. The molecule has 1 aromatic carbocycles. The molecule has 0 fully saturated rings. The number of para-hydroxylation sites is 1. The lowest BCUT2D eigenvalue weighted by molar-refractivity contribution is -0.142. The summed E-state index contributed by atoms with van der Waals surface area (Å²) < 4.78 is 1.81. The Balaban J connectivity index is 2.16. The summed E-state index contributed by atoms with van der Waals surface area (Å²) >= 11 is 0. The number of carboxylic acid groups (broad SMARTS) is 1. The van der Waals surface area contributed by atoms with Crippen LogP contribution in [0.25, 0.3) is 5.69 Å². The Morgan fingerprint density at radius 2 is 1.84 bits per heavy atom. The molecule has 1 amide bonds. The van der Waals surface area contributed by atoms with Crippen molar-refractivity contribution in [2.45, 2.75) is 46.6 Å². The largest absolute Gasteiger partial charge is 0.480 e. The van der Waals surface area contributed by atoms with Crippen LogP contribution < -0.4 is 5.32 Å². The Bertz CT molecular complexity index is 751. The molecule has 0 bridgehead atoms. The van der Waals surface area contributed by atoms with Crippen LogP contribution in [0.1, 0.15) is 37.2 Å². The maximum atomic E-state index is 12.3. The van der Waals surface area contributed by atoms with Gasteiger partial charge in [0.05, 0.1) is 17.8 Å². The van der Waals surface area contributed by atoms with Crippen molar-refractivity contribution in [3.05, 3.63) is 47.3 Å². The molecule has 1 aromatic heterocycles. The Kier molecular flexibility index (Phi) is 5.96. The van der Waals surface area contributed by atoms with Crippen molar-refractivity contribution >= 4 is 11.9 Å². The molecule has 0 saturated carbocycles. The zero-order valence-corrected chi connectivity index (χ0v) is 15.1. The number of aryl methyl sites for hydroxylation is 1. The minimum atomic E-state index is -1.00. The van der Waals surface area contributed by atoms with Gasteiger partial charge in [0.2, 0.25) is 5.91 Å². The smallest absolute Gasteiger partial charge is 0.326 e. The number of carboxylic acids is 1. The summed E-state index contributed by atoms with van der Waals surface area (Å²) in [6.07, 6.45) is 0.523. The van der Waals surface area contributed by atoms with Crippen LogP contribution in [0.3, 0.4) is 0 Å². The molecule has 0 aliphatic rings. The van der Waals surface area contributed by atoms with E-state index >= 15 is 0 Å². The summed E-state index contributed by atoms with van der Waals surface area (Å²) in [4.78, 5) is 23.7. The van der Waals surface area contributed by atoms with Crippen molar-refractivity contribution in [2.75, 3.05) is 0 Å². The monoisotopic (exact) mass is 343 g/mol. The van der Waals surface area contributed by atoms with E-state index < -0.39 is 12.0 Å². The predicted molar refractivity (Wildman–Crippen MR) is 95.8 cm³/mol. The van der Waals surface area contributed by atoms with Gasteiger partial charge in [0.1, 0.15) is 6.04 Å². The molecule has 1 atom stereocenters. The van der Waals surface area contributed by atoms with Gasteiger partial charge in [-0.1, -0.05) is 32.0 Å². The Morgan fingerprint density at radius 3 is 2.40 bits per heavy atom. The van der Waals surface area contributed by atoms with Gasteiger partial charge in [0, 0.05) is 11.3 Å². The van der Waals surface area contributed by atoms with Crippen LogP contribution in [0, 0.1) is 19.8 Å². The van der Waals surface area contributed by atoms with Gasteiger partial charge < -0.3 is 10.4 Å². The Labute approximate surface area is 147 Å². The topological polar surface area (TPSA) is 84.2 Å². The van der Waals surface area contributed by atoms with Crippen molar-refractivity contribution in [3.63, 3.8) is 0 Å². The van der Waals surface area contributed by atoms with Crippen LogP contribution in [-0.2, 0) is 16.0 Å². The number of nitrogens with zero attached hydrogens (tertiary/aromatic N) is 2. The van der Waals surface area contributed by atoms with E-state index in [9.17, 15) is 14.7 Å². The highest BCUT2D eigenvalue weighted by Crippen LogP contribution is 2.18. The zero-order valence-electron chi connectivity index (χ0n) is 15.1. The third kappa shape index (κ3) is 4.68. The number of rotatable bonds is 7. The number of benzene rings is 1. The van der Waals surface area contributed by atoms with Crippen molar-refractivity contribution in [2.24, 2.45) is 5.92 Å². The number of nitrogens with one attached hydrogen (secondary N) is 1. The van der Waals surface area contributed by atoms with Gasteiger partial charge in [0.15, 0.2) is 0 Å². The molecule has 2 N–H and O–H groups in total. The number of carbonyl (C=O) groups is 2. The lowest BCUT2D eigenvalue weighted by atomic mass is 10.0. The summed E-state index contributed by atoms with van der Waals surface area (Å²) in [5.74, 6) is -1.12. The van der Waals surface area contributed by atoms with Gasteiger partial charge in [-0.25, -0.2) is 9.48 Å². The summed E-state index contributed by atoms with van der Waals surface area (Å²) in [5, 5.41) is 16.4. The highest BCUT2D eigenvalue weighted by Gasteiger charge is 2.23. The second-order valence-corrected chi connectivity index (χ2v) is 6.66. The van der Waals surface area contributed by atoms with Crippen molar-refractivity contribution < 1.29 is 14.7 Å². The normalized spacial score (nSPS) is 12.2. The fourth-order valence-corrected chi connectivity index (χ4v) is 2.85. The molecule has 6 heteroatoms. The molecule has 0 saturated heterocycles. The molecule has 0 unspecified atom stereocenters. The average Bonchev–Trinajstić information content (AvgIpc) is 2.82. The highest BCUT2D eigenvalue weighted by molar-refractivity contribution is 5.85. The van der Waals surface area contributed by atoms with Crippen LogP contribution in [0.15, 0.2) is 30.3 Å². The Morgan fingerprint density at radius 1 is 1.20 bits per heavy atom. The first kappa shape index (κ1) is 18.7. The molecule has 6 nitrogen and oxygen atoms in total. The number of aliphatic carboxylic acids is 1. The van der Waals surface area contributed by atoms with Crippen molar-refractivity contribution in [3.8, 4) is 5.69 Å². The number of hydrogen-bond acceptors (Lipinski definition) is 3. The SMILES string of the molecule is Cc1nn(-c2ccccc2)c(C)c1CC(=O)N[C@H](CC(C)C)C(=O)O. The van der Waals surface area contributed by atoms with Gasteiger partial charge >= 0.3 is 5.97 Å². The molecular weight excluding hydrogens is 318 g/mol. The molecule has 134 valence electrons. The third-order valence-electron chi connectivity index (χ3n) is 4.12. The predicted octanol–water partition coefficient (Wildman–Crippen LogP) is 2.65. The summed E-state index contributed by atoms with van der Waals surface area (Å²) in [5.41, 5.74) is 3.41. The minimum Gasteiger partial charge on any atom is -0.480 e. The summed E-state index contributed by atoms with van der Waals surface area (Å²) in [6, 6.07) is 8.84. The fourth-order valence-electron chi connectivity index (χ4n) is 2.85. The number of amides is 1. The van der Waals surface area contributed by atoms with Crippen LogP contribution in [-0.4, -0.2) is 32.8 Å². The second-order valence-electron chi connectivity index (χ2n) is 6.66. The van der Waals surface area contributed by atoms with E-state index in [-0.39, 0.29) is 18.2 Å². The summed E-state index contributed by atoms with van der Waals surface area (Å²) in [7, 11) is 0. The van der Waals surface area contributed by atoms with E-state index in [1.165, 1.54) is 0 Å². The highest BCUT2D eigenvalue weighted by atomic mass is 16.4. The lowest BCUT2D eigenvalue weighted by Crippen LogP contribution is -2.42. The quantitative estimate of drug-likeness (QED) is 0.809. The van der Waals surface area contributed by atoms with Gasteiger partial charge in [0.25, 0.3) is 0 Å². The maximum Gasteiger partial charge on any atom is 0.326 e. The average molecular weight is 343 g/mol. The van der Waals surface area contributed by atoms with E-state index in [0.717, 1.165) is 22.6 Å². The van der Waals surface area contributed by atoms with Crippen LogP contribution in [0.2, 0.25) is 0 Å². The van der Waals surface area contributed by atoms with Crippen molar-refractivity contribution in [1.82, 2.24) is 15.1 Å². The zero-order chi connectivity index (χ0) is 18.6. The van der Waals surface area contributed by atoms with E-state index in [2.05, 4.69) is 10.4 Å². The molecule has 0 spiro atoms. The molecule has 0 aliphatic heterocycles. The first-order valence-electron chi connectivity index (χ1n) is 8.42. The second kappa shape index (κ2) is 7.96. The van der Waals surface area contributed by atoms with Gasteiger partial charge in [-0.3, -0.25) is 4.79 Å². The van der Waals surface area contributed by atoms with Crippen molar-refractivity contribution in [1.29, 1.82) is 0 Å². The van der Waals surface area contributed by atoms with Gasteiger partial charge in [-0.15, -0.1) is 0 Å². The molecule has 2 rings (SSSR count). The standard InChI is InChI=1S/C19H25N3O3/c1-12(2)10-17(19(24)25)20-18(23)11-16-13(3)21-22(14(16)4)15-8-6-5-7-9-15/h5-9,12,17H,10-11H2,1-4H3,(H,20,23)(H,24,25)/t17-/m1/s1. The van der Waals surface area contributed by atoms with Crippen LogP contribution in [0.5, 0.6) is 0 Å². The first-order chi connectivity index (χ1) is 11.8. The van der Waals surface area contributed by atoms with E-state index in [0.29, 0.717) is 6.42 Å². The number of carbonyl (C=O) groups excluding carboxylic acids is 1. The maximum absolute atomic E-state index is 12.3. The molecule has 25 heavy (non-hydrogen) atoms. The minimum absolute atomic E-state index is 0.117. The molecule has 0 aliphatic carbocycles. The summed E-state index contributed by atoms with van der Waals surface area (Å²) in [6.45, 7) is 7.64. The van der Waals surface area contributed by atoms with Crippen LogP contribution >= 0.6 is 0 Å². The Hall–Kier alpha value is -2.63.